The Morgan fingerprint density at radius 2 is 1.96 bits per heavy atom. The van der Waals surface area contributed by atoms with Crippen molar-refractivity contribution < 1.29 is 9.59 Å². The van der Waals surface area contributed by atoms with E-state index in [-0.39, 0.29) is 29.8 Å². The predicted molar refractivity (Wildman–Crippen MR) is 91.7 cm³/mol. The van der Waals surface area contributed by atoms with Crippen molar-refractivity contribution in [2.24, 2.45) is 13.0 Å². The molecule has 2 aliphatic rings. The lowest BCUT2D eigenvalue weighted by Gasteiger charge is -2.35. The Bertz CT molecular complexity index is 622. The van der Waals surface area contributed by atoms with Gasteiger partial charge in [0.15, 0.2) is 0 Å². The highest BCUT2D eigenvalue weighted by Crippen LogP contribution is 2.21. The number of tetrazole rings is 1. The van der Waals surface area contributed by atoms with Crippen LogP contribution in [-0.2, 0) is 16.6 Å². The van der Waals surface area contributed by atoms with Gasteiger partial charge in [0.25, 0.3) is 0 Å². The van der Waals surface area contributed by atoms with Gasteiger partial charge in [-0.1, -0.05) is 18.9 Å². The number of nitrogens with one attached hydrogen (secondary N) is 1. The predicted octanol–water partition coefficient (Wildman–Crippen LogP) is -0.0579. The third-order valence-corrected chi connectivity index (χ3v) is 5.07. The zero-order valence-electron chi connectivity index (χ0n) is 15.2. The fourth-order valence-corrected chi connectivity index (χ4v) is 3.77. The molecule has 2 saturated heterocycles. The second-order valence-corrected chi connectivity index (χ2v) is 7.25. The molecule has 2 fully saturated rings. The van der Waals surface area contributed by atoms with Gasteiger partial charge in [0.1, 0.15) is 6.04 Å². The van der Waals surface area contributed by atoms with E-state index in [2.05, 4.69) is 25.7 Å². The molecule has 1 atom stereocenters. The zero-order chi connectivity index (χ0) is 18.0. The van der Waals surface area contributed by atoms with Gasteiger partial charge in [-0.2, -0.15) is 0 Å². The van der Waals surface area contributed by atoms with Crippen LogP contribution in [0, 0.1) is 5.92 Å². The van der Waals surface area contributed by atoms with Crippen molar-refractivity contribution >= 4 is 17.8 Å². The number of anilines is 1. The van der Waals surface area contributed by atoms with Crippen molar-refractivity contribution in [1.82, 2.24) is 30.4 Å². The molecule has 2 aliphatic heterocycles. The van der Waals surface area contributed by atoms with E-state index in [9.17, 15) is 9.59 Å². The molecule has 0 aromatic carbocycles. The molecule has 0 aliphatic carbocycles. The lowest BCUT2D eigenvalue weighted by Crippen LogP contribution is -2.54. The van der Waals surface area contributed by atoms with Crippen LogP contribution in [0.4, 0.5) is 5.95 Å². The molecule has 138 valence electrons. The minimum atomic E-state index is -0.365. The van der Waals surface area contributed by atoms with E-state index in [0.717, 1.165) is 38.3 Å². The van der Waals surface area contributed by atoms with Gasteiger partial charge in [-0.3, -0.25) is 9.59 Å². The first-order chi connectivity index (χ1) is 12.0. The molecule has 25 heavy (non-hydrogen) atoms. The normalized spacial score (nSPS) is 20.4. The molecule has 2 amide bonds. The summed E-state index contributed by atoms with van der Waals surface area (Å²) >= 11 is 0. The Hall–Kier alpha value is -2.19. The Morgan fingerprint density at radius 3 is 2.48 bits per heavy atom. The molecule has 0 bridgehead atoms. The van der Waals surface area contributed by atoms with E-state index >= 15 is 0 Å². The number of hydrogen-bond donors (Lipinski definition) is 1. The van der Waals surface area contributed by atoms with Crippen molar-refractivity contribution in [1.29, 1.82) is 0 Å². The smallest absolute Gasteiger partial charge is 0.245 e. The number of rotatable bonds is 5. The zero-order valence-corrected chi connectivity index (χ0v) is 15.2. The molecular weight excluding hydrogens is 322 g/mol. The molecule has 3 rings (SSSR count). The van der Waals surface area contributed by atoms with Gasteiger partial charge in [0.2, 0.25) is 17.8 Å². The average molecular weight is 349 g/mol. The van der Waals surface area contributed by atoms with E-state index in [0.29, 0.717) is 13.0 Å². The first-order valence-corrected chi connectivity index (χ1v) is 9.04. The molecule has 0 saturated carbocycles. The van der Waals surface area contributed by atoms with Crippen molar-refractivity contribution in [2.75, 3.05) is 24.5 Å². The van der Waals surface area contributed by atoms with E-state index in [4.69, 9.17) is 0 Å². The number of aromatic nitrogens is 4. The largest absolute Gasteiger partial charge is 0.351 e. The van der Waals surface area contributed by atoms with Gasteiger partial charge in [0.05, 0.1) is 0 Å². The standard InChI is InChI=1S/C16H27N7O2/c1-11(2)14(23-8-4-5-13(23)24)15(25)17-12-6-9-22(10-7-12)16-18-19-20-21(16)3/h11-12,14H,4-10H2,1-3H3,(H,17,25). The molecule has 3 heterocycles. The monoisotopic (exact) mass is 349 g/mol. The van der Waals surface area contributed by atoms with Crippen LogP contribution in [0.5, 0.6) is 0 Å². The summed E-state index contributed by atoms with van der Waals surface area (Å²) in [6.45, 7) is 6.29. The van der Waals surface area contributed by atoms with E-state index in [1.54, 1.807) is 9.58 Å². The summed E-state index contributed by atoms with van der Waals surface area (Å²) in [6, 6.07) is -0.236. The van der Waals surface area contributed by atoms with Crippen LogP contribution < -0.4 is 10.2 Å². The Labute approximate surface area is 147 Å². The summed E-state index contributed by atoms with van der Waals surface area (Å²) in [6.07, 6.45) is 3.09. The number of aryl methyl sites for hydroxylation is 1. The highest BCUT2D eigenvalue weighted by Gasteiger charge is 2.36. The maximum Gasteiger partial charge on any atom is 0.245 e. The van der Waals surface area contributed by atoms with Gasteiger partial charge in [-0.25, -0.2) is 4.68 Å². The molecule has 1 unspecified atom stereocenters. The summed E-state index contributed by atoms with van der Waals surface area (Å²) in [4.78, 5) is 28.7. The Kier molecular flexibility index (Phi) is 5.19. The van der Waals surface area contributed by atoms with Gasteiger partial charge in [-0.15, -0.1) is 0 Å². The molecule has 1 aromatic heterocycles. The van der Waals surface area contributed by atoms with Crippen molar-refractivity contribution in [3.05, 3.63) is 0 Å². The average Bonchev–Trinajstić information content (AvgIpc) is 3.17. The van der Waals surface area contributed by atoms with Crippen LogP contribution in [0.15, 0.2) is 0 Å². The highest BCUT2D eigenvalue weighted by atomic mass is 16.2. The van der Waals surface area contributed by atoms with Crippen LogP contribution >= 0.6 is 0 Å². The summed E-state index contributed by atoms with van der Waals surface area (Å²) in [5.74, 6) is 0.932. The minimum absolute atomic E-state index is 0.0241. The topological polar surface area (TPSA) is 96.2 Å². The lowest BCUT2D eigenvalue weighted by molar-refractivity contribution is -0.139. The van der Waals surface area contributed by atoms with Gasteiger partial charge in [-0.05, 0) is 35.6 Å². The van der Waals surface area contributed by atoms with E-state index < -0.39 is 0 Å². The molecule has 1 N–H and O–H groups in total. The van der Waals surface area contributed by atoms with Crippen LogP contribution in [0.25, 0.3) is 0 Å². The van der Waals surface area contributed by atoms with Crippen LogP contribution in [0.2, 0.25) is 0 Å². The minimum Gasteiger partial charge on any atom is -0.351 e. The third kappa shape index (κ3) is 3.74. The Balaban J connectivity index is 1.56. The number of carbonyl (C=O) groups is 2. The first-order valence-electron chi connectivity index (χ1n) is 9.04. The highest BCUT2D eigenvalue weighted by molar-refractivity contribution is 5.89. The number of carbonyl (C=O) groups excluding carboxylic acids is 2. The van der Waals surface area contributed by atoms with Crippen LogP contribution in [0.3, 0.4) is 0 Å². The third-order valence-electron chi connectivity index (χ3n) is 5.07. The second kappa shape index (κ2) is 7.37. The fourth-order valence-electron chi connectivity index (χ4n) is 3.77. The van der Waals surface area contributed by atoms with Gasteiger partial charge >= 0.3 is 0 Å². The number of hydrogen-bond acceptors (Lipinski definition) is 6. The molecule has 0 radical (unpaired) electrons. The quantitative estimate of drug-likeness (QED) is 0.800. The first kappa shape index (κ1) is 17.6. The molecular formula is C16H27N7O2. The number of amides is 2. The van der Waals surface area contributed by atoms with Crippen molar-refractivity contribution in [3.8, 4) is 0 Å². The number of nitrogens with zero attached hydrogens (tertiary/aromatic N) is 6. The summed E-state index contributed by atoms with van der Waals surface area (Å²) in [7, 11) is 1.82. The Morgan fingerprint density at radius 1 is 1.24 bits per heavy atom. The summed E-state index contributed by atoms with van der Waals surface area (Å²) in [5, 5.41) is 14.7. The lowest BCUT2D eigenvalue weighted by atomic mass is 9.99. The maximum atomic E-state index is 12.8. The fraction of sp³-hybridized carbons (Fsp3) is 0.812. The van der Waals surface area contributed by atoms with Crippen molar-refractivity contribution in [2.45, 2.75) is 51.6 Å². The number of likely N-dealkylation sites (tertiary alicyclic amines) is 1. The van der Waals surface area contributed by atoms with Gasteiger partial charge in [0, 0.05) is 39.1 Å². The summed E-state index contributed by atoms with van der Waals surface area (Å²) < 4.78 is 1.66. The summed E-state index contributed by atoms with van der Waals surface area (Å²) in [5.41, 5.74) is 0. The molecule has 1 aromatic rings. The molecule has 0 spiro atoms. The van der Waals surface area contributed by atoms with Crippen LogP contribution in [0.1, 0.15) is 39.5 Å². The van der Waals surface area contributed by atoms with Crippen LogP contribution in [-0.4, -0.2) is 68.6 Å². The van der Waals surface area contributed by atoms with E-state index in [1.165, 1.54) is 0 Å². The second-order valence-electron chi connectivity index (χ2n) is 7.25. The molecule has 9 heteroatoms. The van der Waals surface area contributed by atoms with Crippen molar-refractivity contribution in [3.63, 3.8) is 0 Å². The SMILES string of the molecule is CC(C)C(C(=O)NC1CCN(c2nnnn2C)CC1)N1CCCC1=O. The maximum absolute atomic E-state index is 12.8. The van der Waals surface area contributed by atoms with Gasteiger partial charge < -0.3 is 15.1 Å². The van der Waals surface area contributed by atoms with E-state index in [1.807, 2.05) is 20.9 Å². The molecule has 9 nitrogen and oxygen atoms in total. The number of piperidine rings is 1.